The number of alkyl halides is 1. The number of halogens is 2. The van der Waals surface area contributed by atoms with Crippen molar-refractivity contribution in [3.05, 3.63) is 53.5 Å². The maximum absolute atomic E-state index is 13.3. The summed E-state index contributed by atoms with van der Waals surface area (Å²) in [6, 6.07) is 9.22. The van der Waals surface area contributed by atoms with Crippen LogP contribution in [0.1, 0.15) is 22.3 Å². The fraction of sp³-hybridized carbons (Fsp3) is 0.222. The molecule has 0 saturated carbocycles. The van der Waals surface area contributed by atoms with Gasteiger partial charge in [-0.1, -0.05) is 12.1 Å². The van der Waals surface area contributed by atoms with E-state index in [1.807, 2.05) is 0 Å². The SMILES string of the molecule is C#CCC(F)COc1cccc(CNc2nc(F)ccc2C(N)=O)c1. The van der Waals surface area contributed by atoms with E-state index in [4.69, 9.17) is 16.9 Å². The molecule has 0 aliphatic rings. The van der Waals surface area contributed by atoms with Gasteiger partial charge in [0.25, 0.3) is 5.91 Å². The second kappa shape index (κ2) is 8.64. The van der Waals surface area contributed by atoms with Crippen LogP contribution in [0.25, 0.3) is 0 Å². The van der Waals surface area contributed by atoms with Crippen LogP contribution in [-0.2, 0) is 6.54 Å². The third-order valence-corrected chi connectivity index (χ3v) is 3.26. The van der Waals surface area contributed by atoms with Crippen LogP contribution in [0.3, 0.4) is 0 Å². The second-order valence-corrected chi connectivity index (χ2v) is 5.21. The minimum atomic E-state index is -1.23. The molecule has 0 bridgehead atoms. The Hall–Kier alpha value is -3.14. The molecular weight excluding hydrogens is 328 g/mol. The van der Waals surface area contributed by atoms with Gasteiger partial charge in [-0.25, -0.2) is 9.37 Å². The van der Waals surface area contributed by atoms with Crippen LogP contribution in [0.15, 0.2) is 36.4 Å². The Labute approximate surface area is 144 Å². The first-order valence-corrected chi connectivity index (χ1v) is 7.49. The summed E-state index contributed by atoms with van der Waals surface area (Å²) >= 11 is 0. The van der Waals surface area contributed by atoms with Crippen LogP contribution >= 0.6 is 0 Å². The fourth-order valence-corrected chi connectivity index (χ4v) is 2.07. The Morgan fingerprint density at radius 1 is 1.40 bits per heavy atom. The predicted octanol–water partition coefficient (Wildman–Crippen LogP) is 2.67. The lowest BCUT2D eigenvalue weighted by molar-refractivity contribution is 0.100. The molecule has 1 aromatic carbocycles. The maximum atomic E-state index is 13.3. The van der Waals surface area contributed by atoms with Gasteiger partial charge in [-0.05, 0) is 29.8 Å². The first kappa shape index (κ1) is 18.2. The van der Waals surface area contributed by atoms with Gasteiger partial charge < -0.3 is 15.8 Å². The predicted molar refractivity (Wildman–Crippen MR) is 90.3 cm³/mol. The lowest BCUT2D eigenvalue weighted by Crippen LogP contribution is -2.16. The molecule has 25 heavy (non-hydrogen) atoms. The van der Waals surface area contributed by atoms with Crippen molar-refractivity contribution in [1.29, 1.82) is 0 Å². The van der Waals surface area contributed by atoms with Gasteiger partial charge in [-0.2, -0.15) is 4.39 Å². The van der Waals surface area contributed by atoms with E-state index in [2.05, 4.69) is 16.2 Å². The number of hydrogen-bond acceptors (Lipinski definition) is 4. The normalized spacial score (nSPS) is 11.4. The summed E-state index contributed by atoms with van der Waals surface area (Å²) in [6.45, 7) is 0.107. The molecule has 0 aliphatic heterocycles. The third-order valence-electron chi connectivity index (χ3n) is 3.26. The van der Waals surface area contributed by atoms with Crippen LogP contribution in [-0.4, -0.2) is 23.7 Å². The molecule has 2 aromatic rings. The van der Waals surface area contributed by atoms with Crippen LogP contribution in [0.2, 0.25) is 0 Å². The minimum Gasteiger partial charge on any atom is -0.491 e. The van der Waals surface area contributed by atoms with Crippen LogP contribution in [0, 0.1) is 18.3 Å². The number of anilines is 1. The van der Waals surface area contributed by atoms with Crippen LogP contribution in [0.4, 0.5) is 14.6 Å². The van der Waals surface area contributed by atoms with E-state index in [-0.39, 0.29) is 31.0 Å². The Balaban J connectivity index is 2.02. The number of hydrogen-bond donors (Lipinski definition) is 2. The number of benzene rings is 1. The standard InChI is InChI=1S/C18H17F2N3O2/c1-2-4-13(19)11-25-14-6-3-5-12(9-14)10-22-18-15(17(21)24)7-8-16(20)23-18/h1,3,5-9,13H,4,10-11H2,(H2,21,24)(H,22,23). The summed E-state index contributed by atoms with van der Waals surface area (Å²) in [4.78, 5) is 15.0. The van der Waals surface area contributed by atoms with Crippen LogP contribution in [0.5, 0.6) is 5.75 Å². The summed E-state index contributed by atoms with van der Waals surface area (Å²) in [5.74, 6) is 1.32. The van der Waals surface area contributed by atoms with Crippen molar-refractivity contribution in [1.82, 2.24) is 4.98 Å². The van der Waals surface area contributed by atoms with E-state index in [1.54, 1.807) is 24.3 Å². The molecular formula is C18H17F2N3O2. The summed E-state index contributed by atoms with van der Waals surface area (Å²) in [6.07, 6.45) is 3.80. The largest absolute Gasteiger partial charge is 0.491 e. The lowest BCUT2D eigenvalue weighted by atomic mass is 10.2. The van der Waals surface area contributed by atoms with E-state index in [0.29, 0.717) is 5.75 Å². The van der Waals surface area contributed by atoms with Gasteiger partial charge in [0.1, 0.15) is 24.3 Å². The third kappa shape index (κ3) is 5.46. The molecule has 1 heterocycles. The lowest BCUT2D eigenvalue weighted by Gasteiger charge is -2.11. The molecule has 0 spiro atoms. The number of terminal acetylenes is 1. The first-order valence-electron chi connectivity index (χ1n) is 7.49. The minimum absolute atomic E-state index is 0.0115. The number of nitrogens with zero attached hydrogens (tertiary/aromatic N) is 1. The zero-order chi connectivity index (χ0) is 18.2. The van der Waals surface area contributed by atoms with Gasteiger partial charge in [0, 0.05) is 13.0 Å². The molecule has 1 atom stereocenters. The Bertz CT molecular complexity index is 790. The van der Waals surface area contributed by atoms with Crippen molar-refractivity contribution >= 4 is 11.7 Å². The molecule has 0 aliphatic carbocycles. The molecule has 0 fully saturated rings. The molecule has 3 N–H and O–H groups in total. The number of carbonyl (C=O) groups excluding carboxylic acids is 1. The number of carbonyl (C=O) groups is 1. The highest BCUT2D eigenvalue weighted by Crippen LogP contribution is 2.17. The van der Waals surface area contributed by atoms with Crippen molar-refractivity contribution in [3.63, 3.8) is 0 Å². The smallest absolute Gasteiger partial charge is 0.252 e. The van der Waals surface area contributed by atoms with E-state index in [0.717, 1.165) is 11.6 Å². The molecule has 2 rings (SSSR count). The summed E-state index contributed by atoms with van der Waals surface area (Å²) in [5, 5.41) is 2.86. The van der Waals surface area contributed by atoms with Crippen molar-refractivity contribution in [2.45, 2.75) is 19.1 Å². The average molecular weight is 345 g/mol. The molecule has 5 nitrogen and oxygen atoms in total. The van der Waals surface area contributed by atoms with Crippen molar-refractivity contribution < 1.29 is 18.3 Å². The molecule has 0 saturated heterocycles. The zero-order valence-corrected chi connectivity index (χ0v) is 13.3. The number of nitrogens with two attached hydrogens (primary N) is 1. The highest BCUT2D eigenvalue weighted by Gasteiger charge is 2.11. The molecule has 0 radical (unpaired) electrons. The highest BCUT2D eigenvalue weighted by atomic mass is 19.1. The number of nitrogens with one attached hydrogen (secondary N) is 1. The Morgan fingerprint density at radius 2 is 2.20 bits per heavy atom. The number of aromatic nitrogens is 1. The second-order valence-electron chi connectivity index (χ2n) is 5.21. The van der Waals surface area contributed by atoms with E-state index >= 15 is 0 Å². The van der Waals surface area contributed by atoms with Crippen molar-refractivity contribution in [3.8, 4) is 18.1 Å². The number of primary amides is 1. The molecule has 130 valence electrons. The van der Waals surface area contributed by atoms with E-state index < -0.39 is 18.0 Å². The number of amides is 1. The van der Waals surface area contributed by atoms with Crippen LogP contribution < -0.4 is 15.8 Å². The van der Waals surface area contributed by atoms with Gasteiger partial charge in [0.2, 0.25) is 5.95 Å². The number of rotatable bonds is 8. The van der Waals surface area contributed by atoms with E-state index in [9.17, 15) is 13.6 Å². The van der Waals surface area contributed by atoms with Gasteiger partial charge in [-0.3, -0.25) is 4.79 Å². The fourth-order valence-electron chi connectivity index (χ4n) is 2.07. The van der Waals surface area contributed by atoms with Gasteiger partial charge in [-0.15, -0.1) is 12.3 Å². The topological polar surface area (TPSA) is 77.2 Å². The average Bonchev–Trinajstić information content (AvgIpc) is 2.58. The maximum Gasteiger partial charge on any atom is 0.252 e. The van der Waals surface area contributed by atoms with Gasteiger partial charge in [0.05, 0.1) is 5.56 Å². The van der Waals surface area contributed by atoms with Crippen molar-refractivity contribution in [2.24, 2.45) is 5.73 Å². The highest BCUT2D eigenvalue weighted by molar-refractivity contribution is 5.97. The Kier molecular flexibility index (Phi) is 6.29. The van der Waals surface area contributed by atoms with Gasteiger partial charge >= 0.3 is 0 Å². The molecule has 1 amide bonds. The molecule has 1 aromatic heterocycles. The molecule has 7 heteroatoms. The first-order chi connectivity index (χ1) is 12.0. The zero-order valence-electron chi connectivity index (χ0n) is 13.3. The monoisotopic (exact) mass is 345 g/mol. The quantitative estimate of drug-likeness (QED) is 0.570. The molecule has 1 unspecified atom stereocenters. The summed E-state index contributed by atoms with van der Waals surface area (Å²) < 4.78 is 32.0. The number of ether oxygens (including phenoxy) is 1. The number of pyridine rings is 1. The van der Waals surface area contributed by atoms with Crippen molar-refractivity contribution in [2.75, 3.05) is 11.9 Å². The van der Waals surface area contributed by atoms with Gasteiger partial charge in [0.15, 0.2) is 0 Å². The van der Waals surface area contributed by atoms with E-state index in [1.165, 1.54) is 6.07 Å². The summed E-state index contributed by atoms with van der Waals surface area (Å²) in [5.41, 5.74) is 6.10. The summed E-state index contributed by atoms with van der Waals surface area (Å²) in [7, 11) is 0. The Morgan fingerprint density at radius 3 is 2.92 bits per heavy atom.